The molecule has 0 saturated carbocycles. The topological polar surface area (TPSA) is 67.4 Å². The minimum atomic E-state index is -0.509. The van der Waals surface area contributed by atoms with Gasteiger partial charge >= 0.3 is 0 Å². The molecule has 0 aromatic heterocycles. The van der Waals surface area contributed by atoms with Gasteiger partial charge in [0.15, 0.2) is 0 Å². The van der Waals surface area contributed by atoms with Crippen LogP contribution in [0.25, 0.3) is 0 Å². The van der Waals surface area contributed by atoms with Gasteiger partial charge in [0.1, 0.15) is 11.6 Å². The summed E-state index contributed by atoms with van der Waals surface area (Å²) in [7, 11) is 0. The zero-order chi connectivity index (χ0) is 17.5. The number of hydrogen-bond acceptors (Lipinski definition) is 3. The first-order valence-electron chi connectivity index (χ1n) is 7.54. The molecular formula is C18H19FN2O3. The Hall–Kier alpha value is -2.89. The smallest absolute Gasteiger partial charge is 0.251 e. The van der Waals surface area contributed by atoms with Gasteiger partial charge in [-0.2, -0.15) is 0 Å². The summed E-state index contributed by atoms with van der Waals surface area (Å²) in [5, 5.41) is 5.10. The molecule has 0 aliphatic carbocycles. The zero-order valence-corrected chi connectivity index (χ0v) is 13.5. The van der Waals surface area contributed by atoms with E-state index in [1.165, 1.54) is 18.2 Å². The third kappa shape index (κ3) is 5.39. The van der Waals surface area contributed by atoms with E-state index < -0.39 is 11.7 Å². The zero-order valence-electron chi connectivity index (χ0n) is 13.5. The van der Waals surface area contributed by atoms with Crippen molar-refractivity contribution >= 4 is 17.5 Å². The lowest BCUT2D eigenvalue weighted by Gasteiger charge is -2.11. The number of amides is 2. The molecule has 0 unspecified atom stereocenters. The molecule has 0 fully saturated rings. The van der Waals surface area contributed by atoms with Crippen LogP contribution in [0.2, 0.25) is 0 Å². The Balaban J connectivity index is 1.83. The quantitative estimate of drug-likeness (QED) is 0.856. The Labute approximate surface area is 139 Å². The van der Waals surface area contributed by atoms with Gasteiger partial charge in [-0.15, -0.1) is 0 Å². The Morgan fingerprint density at radius 3 is 2.46 bits per heavy atom. The molecular weight excluding hydrogens is 311 g/mol. The van der Waals surface area contributed by atoms with Crippen LogP contribution in [-0.2, 0) is 4.79 Å². The summed E-state index contributed by atoms with van der Waals surface area (Å²) in [6.45, 7) is 3.65. The molecule has 0 bridgehead atoms. The van der Waals surface area contributed by atoms with Crippen LogP contribution in [0.1, 0.15) is 24.2 Å². The van der Waals surface area contributed by atoms with E-state index >= 15 is 0 Å². The molecule has 24 heavy (non-hydrogen) atoms. The van der Waals surface area contributed by atoms with Crippen molar-refractivity contribution in [2.24, 2.45) is 0 Å². The van der Waals surface area contributed by atoms with Gasteiger partial charge < -0.3 is 15.4 Å². The van der Waals surface area contributed by atoms with Gasteiger partial charge in [0.2, 0.25) is 5.91 Å². The van der Waals surface area contributed by atoms with E-state index in [1.807, 2.05) is 13.8 Å². The number of nitrogens with one attached hydrogen (secondary N) is 2. The van der Waals surface area contributed by atoms with Gasteiger partial charge in [-0.25, -0.2) is 4.39 Å². The van der Waals surface area contributed by atoms with Gasteiger partial charge in [0.25, 0.3) is 5.91 Å². The van der Waals surface area contributed by atoms with Crippen LogP contribution >= 0.6 is 0 Å². The summed E-state index contributed by atoms with van der Waals surface area (Å²) in [5.74, 6) is -0.680. The molecule has 2 aromatic carbocycles. The van der Waals surface area contributed by atoms with E-state index in [9.17, 15) is 14.0 Å². The SMILES string of the molecule is CC(C)Oc1ccc(NC(=O)CNC(=O)c2cccc(F)c2)cc1. The fourth-order valence-electron chi connectivity index (χ4n) is 1.99. The summed E-state index contributed by atoms with van der Waals surface area (Å²) >= 11 is 0. The van der Waals surface area contributed by atoms with Crippen molar-refractivity contribution in [2.75, 3.05) is 11.9 Å². The van der Waals surface area contributed by atoms with Crippen molar-refractivity contribution in [1.29, 1.82) is 0 Å². The molecule has 2 aromatic rings. The second kappa shape index (κ2) is 8.10. The number of benzene rings is 2. The third-order valence-electron chi connectivity index (χ3n) is 3.01. The van der Waals surface area contributed by atoms with Crippen molar-refractivity contribution < 1.29 is 18.7 Å². The summed E-state index contributed by atoms with van der Waals surface area (Å²) in [6.07, 6.45) is 0.0727. The Morgan fingerprint density at radius 1 is 1.12 bits per heavy atom. The molecule has 0 radical (unpaired) electrons. The van der Waals surface area contributed by atoms with Gasteiger partial charge in [-0.05, 0) is 56.3 Å². The average molecular weight is 330 g/mol. The fraction of sp³-hybridized carbons (Fsp3) is 0.222. The number of carbonyl (C=O) groups is 2. The van der Waals surface area contributed by atoms with E-state index in [1.54, 1.807) is 24.3 Å². The number of hydrogen-bond donors (Lipinski definition) is 2. The molecule has 126 valence electrons. The molecule has 0 atom stereocenters. The molecule has 0 aliphatic rings. The van der Waals surface area contributed by atoms with Crippen LogP contribution in [0.5, 0.6) is 5.75 Å². The van der Waals surface area contributed by atoms with Crippen LogP contribution in [-0.4, -0.2) is 24.5 Å². The third-order valence-corrected chi connectivity index (χ3v) is 3.01. The molecule has 0 spiro atoms. The van der Waals surface area contributed by atoms with E-state index in [-0.39, 0.29) is 24.1 Å². The molecule has 0 saturated heterocycles. The van der Waals surface area contributed by atoms with E-state index in [0.29, 0.717) is 11.4 Å². The second-order valence-electron chi connectivity index (χ2n) is 5.43. The van der Waals surface area contributed by atoms with Crippen molar-refractivity contribution in [1.82, 2.24) is 5.32 Å². The predicted molar refractivity (Wildman–Crippen MR) is 89.6 cm³/mol. The number of ether oxygens (including phenoxy) is 1. The summed E-state index contributed by atoms with van der Waals surface area (Å²) in [6, 6.07) is 12.2. The van der Waals surface area contributed by atoms with Crippen molar-refractivity contribution in [3.05, 3.63) is 59.9 Å². The van der Waals surface area contributed by atoms with E-state index in [4.69, 9.17) is 4.74 Å². The molecule has 5 nitrogen and oxygen atoms in total. The van der Waals surface area contributed by atoms with Crippen molar-refractivity contribution in [2.45, 2.75) is 20.0 Å². The maximum atomic E-state index is 13.1. The Morgan fingerprint density at radius 2 is 1.83 bits per heavy atom. The lowest BCUT2D eigenvalue weighted by molar-refractivity contribution is -0.115. The summed E-state index contributed by atoms with van der Waals surface area (Å²) in [5.41, 5.74) is 0.758. The average Bonchev–Trinajstić information content (AvgIpc) is 2.54. The number of anilines is 1. The fourth-order valence-corrected chi connectivity index (χ4v) is 1.99. The predicted octanol–water partition coefficient (Wildman–Crippen LogP) is 2.98. The first-order valence-corrected chi connectivity index (χ1v) is 7.54. The maximum absolute atomic E-state index is 13.1. The number of rotatable bonds is 6. The molecule has 2 N–H and O–H groups in total. The van der Waals surface area contributed by atoms with Crippen LogP contribution in [0, 0.1) is 5.82 Å². The number of carbonyl (C=O) groups excluding carboxylic acids is 2. The Bertz CT molecular complexity index is 714. The molecule has 2 amide bonds. The minimum Gasteiger partial charge on any atom is -0.491 e. The second-order valence-corrected chi connectivity index (χ2v) is 5.43. The van der Waals surface area contributed by atoms with E-state index in [2.05, 4.69) is 10.6 Å². The highest BCUT2D eigenvalue weighted by atomic mass is 19.1. The van der Waals surface area contributed by atoms with Crippen molar-refractivity contribution in [3.63, 3.8) is 0 Å². The van der Waals surface area contributed by atoms with Gasteiger partial charge in [0, 0.05) is 11.3 Å². The van der Waals surface area contributed by atoms with Gasteiger partial charge in [-0.1, -0.05) is 6.07 Å². The maximum Gasteiger partial charge on any atom is 0.251 e. The largest absolute Gasteiger partial charge is 0.491 e. The van der Waals surface area contributed by atoms with E-state index in [0.717, 1.165) is 6.07 Å². The molecule has 2 rings (SSSR count). The number of halogens is 1. The Kier molecular flexibility index (Phi) is 5.89. The standard InChI is InChI=1S/C18H19FN2O3/c1-12(2)24-16-8-6-15(7-9-16)21-17(22)11-20-18(23)13-4-3-5-14(19)10-13/h3-10,12H,11H2,1-2H3,(H,20,23)(H,21,22). The highest BCUT2D eigenvalue weighted by molar-refractivity contribution is 5.99. The van der Waals surface area contributed by atoms with Gasteiger partial charge in [0.05, 0.1) is 12.6 Å². The van der Waals surface area contributed by atoms with Crippen molar-refractivity contribution in [3.8, 4) is 5.75 Å². The highest BCUT2D eigenvalue weighted by Gasteiger charge is 2.09. The van der Waals surface area contributed by atoms with Crippen LogP contribution in [0.15, 0.2) is 48.5 Å². The molecule has 6 heteroatoms. The first-order chi connectivity index (χ1) is 11.4. The minimum absolute atomic E-state index is 0.0727. The summed E-state index contributed by atoms with van der Waals surface area (Å²) in [4.78, 5) is 23.7. The lowest BCUT2D eigenvalue weighted by Crippen LogP contribution is -2.32. The van der Waals surface area contributed by atoms with Crippen LogP contribution in [0.3, 0.4) is 0 Å². The summed E-state index contributed by atoms with van der Waals surface area (Å²) < 4.78 is 18.6. The van der Waals surface area contributed by atoms with Crippen LogP contribution < -0.4 is 15.4 Å². The normalized spacial score (nSPS) is 10.3. The monoisotopic (exact) mass is 330 g/mol. The lowest BCUT2D eigenvalue weighted by atomic mass is 10.2. The first kappa shape index (κ1) is 17.5. The van der Waals surface area contributed by atoms with Gasteiger partial charge in [-0.3, -0.25) is 9.59 Å². The highest BCUT2D eigenvalue weighted by Crippen LogP contribution is 2.16. The molecule has 0 aliphatic heterocycles. The van der Waals surface area contributed by atoms with Crippen LogP contribution in [0.4, 0.5) is 10.1 Å². The molecule has 0 heterocycles.